The van der Waals surface area contributed by atoms with Crippen LogP contribution >= 0.6 is 24.4 Å². The minimum atomic E-state index is 0.933. The van der Waals surface area contributed by atoms with Gasteiger partial charge < -0.3 is 5.32 Å². The highest BCUT2D eigenvalue weighted by molar-refractivity contribution is 7.99. The number of anilines is 1. The quantitative estimate of drug-likeness (QED) is 0.765. The molecule has 0 radical (unpaired) electrons. The van der Waals surface area contributed by atoms with Crippen LogP contribution in [-0.2, 0) is 6.42 Å². The Morgan fingerprint density at radius 1 is 1.20 bits per heavy atom. The number of hydrogen-bond acceptors (Lipinski definition) is 3. The van der Waals surface area contributed by atoms with E-state index in [1.165, 1.54) is 29.1 Å². The Morgan fingerprint density at radius 3 is 2.95 bits per heavy atom. The molecular weight excluding hydrogens is 282 g/mol. The Kier molecular flexibility index (Phi) is 4.08. The van der Waals surface area contributed by atoms with E-state index in [4.69, 9.17) is 0 Å². The average Bonchev–Trinajstić information content (AvgIpc) is 2.47. The molecule has 1 aliphatic heterocycles. The summed E-state index contributed by atoms with van der Waals surface area (Å²) in [6, 6.07) is 14.6. The molecule has 0 atom stereocenters. The highest BCUT2D eigenvalue weighted by Crippen LogP contribution is 2.32. The lowest BCUT2D eigenvalue weighted by Crippen LogP contribution is -2.02. The molecule has 1 N–H and O–H groups in total. The molecule has 1 heterocycles. The molecule has 0 saturated heterocycles. The summed E-state index contributed by atoms with van der Waals surface area (Å²) in [5, 5.41) is 3.36. The normalized spacial score (nSPS) is 13.7. The minimum Gasteiger partial charge on any atom is -0.355 e. The predicted molar refractivity (Wildman–Crippen MR) is 91.8 cm³/mol. The van der Waals surface area contributed by atoms with Crippen molar-refractivity contribution < 1.29 is 0 Å². The Bertz CT molecular complexity index is 649. The molecule has 2 aromatic rings. The van der Waals surface area contributed by atoms with Gasteiger partial charge in [0, 0.05) is 21.2 Å². The molecule has 1 nitrogen and oxygen atoms in total. The Hall–Kier alpha value is -1.32. The van der Waals surface area contributed by atoms with Gasteiger partial charge in [-0.1, -0.05) is 18.7 Å². The van der Waals surface area contributed by atoms with Crippen molar-refractivity contribution in [3.05, 3.63) is 60.2 Å². The summed E-state index contributed by atoms with van der Waals surface area (Å²) >= 11 is 6.31. The van der Waals surface area contributed by atoms with Gasteiger partial charge >= 0.3 is 0 Å². The minimum absolute atomic E-state index is 0.933. The fourth-order valence-corrected chi connectivity index (χ4v) is 3.62. The van der Waals surface area contributed by atoms with E-state index in [1.807, 2.05) is 36.0 Å². The van der Waals surface area contributed by atoms with Gasteiger partial charge in [0.2, 0.25) is 0 Å². The van der Waals surface area contributed by atoms with Gasteiger partial charge in [-0.2, -0.15) is 0 Å². The molecule has 3 heteroatoms. The van der Waals surface area contributed by atoms with Crippen LogP contribution in [0, 0.1) is 0 Å². The summed E-state index contributed by atoms with van der Waals surface area (Å²) in [4.78, 5) is 2.37. The van der Waals surface area contributed by atoms with Gasteiger partial charge in [0.1, 0.15) is 0 Å². The molecule has 0 amide bonds. The first kappa shape index (κ1) is 13.7. The molecule has 0 saturated carbocycles. The van der Waals surface area contributed by atoms with Crippen molar-refractivity contribution in [3.63, 3.8) is 0 Å². The molecule has 1 aliphatic rings. The number of thioether (sulfide) groups is 1. The van der Waals surface area contributed by atoms with Gasteiger partial charge in [-0.05, 0) is 60.1 Å². The highest BCUT2D eigenvalue weighted by atomic mass is 32.2. The van der Waals surface area contributed by atoms with Crippen LogP contribution in [0.3, 0.4) is 0 Å². The molecule has 0 spiro atoms. The number of fused-ring (bicyclic) bond motifs is 1. The van der Waals surface area contributed by atoms with Crippen LogP contribution in [0.4, 0.5) is 5.69 Å². The molecule has 2 aromatic carbocycles. The number of benzene rings is 2. The fraction of sp³-hybridized carbons (Fsp3) is 0.176. The van der Waals surface area contributed by atoms with E-state index in [0.717, 1.165) is 21.8 Å². The van der Waals surface area contributed by atoms with Crippen molar-refractivity contribution in [1.82, 2.24) is 0 Å². The van der Waals surface area contributed by atoms with E-state index in [9.17, 15) is 0 Å². The molecule has 3 rings (SSSR count). The third kappa shape index (κ3) is 3.05. The second kappa shape index (κ2) is 5.98. The molecule has 102 valence electrons. The summed E-state index contributed by atoms with van der Waals surface area (Å²) in [5.74, 6) is 1.24. The van der Waals surface area contributed by atoms with Crippen LogP contribution in [0.2, 0.25) is 0 Å². The number of rotatable bonds is 3. The summed E-state index contributed by atoms with van der Waals surface area (Å²) < 4.78 is 0. The van der Waals surface area contributed by atoms with E-state index in [1.54, 1.807) is 0 Å². The summed E-state index contributed by atoms with van der Waals surface area (Å²) in [7, 11) is 0. The van der Waals surface area contributed by atoms with Crippen LogP contribution < -0.4 is 5.32 Å². The van der Waals surface area contributed by atoms with Crippen molar-refractivity contribution >= 4 is 35.8 Å². The van der Waals surface area contributed by atoms with Gasteiger partial charge in [0.15, 0.2) is 0 Å². The maximum atomic E-state index is 4.36. The van der Waals surface area contributed by atoms with Crippen molar-refractivity contribution in [2.45, 2.75) is 22.6 Å². The van der Waals surface area contributed by atoms with E-state index >= 15 is 0 Å². The smallest absolute Gasteiger partial charge is 0.0395 e. The van der Waals surface area contributed by atoms with Crippen molar-refractivity contribution in [3.8, 4) is 0 Å². The Balaban J connectivity index is 1.80. The first-order valence-corrected chi connectivity index (χ1v) is 8.17. The standard InChI is InChI=1S/C17H17NS2/c1-12(18-15-5-2-6-16(19)11-15)13-7-8-17-14(10-13)4-3-9-20-17/h2,5-8,10-11,18-19H,1,3-4,9H2. The van der Waals surface area contributed by atoms with Crippen LogP contribution in [0.5, 0.6) is 0 Å². The molecular formula is C17H17NS2. The first-order valence-electron chi connectivity index (χ1n) is 6.73. The van der Waals surface area contributed by atoms with Crippen LogP contribution in [0.1, 0.15) is 17.5 Å². The van der Waals surface area contributed by atoms with E-state index in [2.05, 4.69) is 42.7 Å². The number of aryl methyl sites for hydroxylation is 1. The molecule has 0 bridgehead atoms. The van der Waals surface area contributed by atoms with E-state index in [0.29, 0.717) is 0 Å². The van der Waals surface area contributed by atoms with Gasteiger partial charge in [0.25, 0.3) is 0 Å². The number of hydrogen-bond donors (Lipinski definition) is 2. The molecule has 0 unspecified atom stereocenters. The van der Waals surface area contributed by atoms with Crippen LogP contribution in [0.25, 0.3) is 5.70 Å². The third-order valence-electron chi connectivity index (χ3n) is 3.40. The van der Waals surface area contributed by atoms with E-state index in [-0.39, 0.29) is 0 Å². The Morgan fingerprint density at radius 2 is 2.10 bits per heavy atom. The third-order valence-corrected chi connectivity index (χ3v) is 4.88. The SMILES string of the molecule is C=C(Nc1cccc(S)c1)c1ccc2c(c1)CCCS2. The first-order chi connectivity index (χ1) is 9.72. The second-order valence-electron chi connectivity index (χ2n) is 4.93. The monoisotopic (exact) mass is 299 g/mol. The van der Waals surface area contributed by atoms with Crippen molar-refractivity contribution in [2.24, 2.45) is 0 Å². The van der Waals surface area contributed by atoms with Crippen LogP contribution in [-0.4, -0.2) is 5.75 Å². The fourth-order valence-electron chi connectivity index (χ4n) is 2.38. The zero-order valence-electron chi connectivity index (χ0n) is 11.2. The lowest BCUT2D eigenvalue weighted by molar-refractivity contribution is 0.889. The molecule has 20 heavy (non-hydrogen) atoms. The van der Waals surface area contributed by atoms with Crippen LogP contribution in [0.15, 0.2) is 58.8 Å². The largest absolute Gasteiger partial charge is 0.355 e. The summed E-state index contributed by atoms with van der Waals surface area (Å²) in [6.07, 6.45) is 2.44. The topological polar surface area (TPSA) is 12.0 Å². The zero-order valence-corrected chi connectivity index (χ0v) is 12.9. The zero-order chi connectivity index (χ0) is 13.9. The maximum absolute atomic E-state index is 4.36. The Labute approximate surface area is 129 Å². The van der Waals surface area contributed by atoms with Gasteiger partial charge in [-0.25, -0.2) is 0 Å². The molecule has 0 aromatic heterocycles. The van der Waals surface area contributed by atoms with Gasteiger partial charge in [0.05, 0.1) is 0 Å². The maximum Gasteiger partial charge on any atom is 0.0395 e. The second-order valence-corrected chi connectivity index (χ2v) is 6.58. The molecule has 0 fully saturated rings. The predicted octanol–water partition coefficient (Wildman–Crippen LogP) is 5.10. The summed E-state index contributed by atoms with van der Waals surface area (Å²) in [6.45, 7) is 4.16. The van der Waals surface area contributed by atoms with Crippen molar-refractivity contribution in [2.75, 3.05) is 11.1 Å². The lowest BCUT2D eigenvalue weighted by Gasteiger charge is -2.17. The van der Waals surface area contributed by atoms with E-state index < -0.39 is 0 Å². The average molecular weight is 299 g/mol. The summed E-state index contributed by atoms with van der Waals surface area (Å²) in [5.41, 5.74) is 4.57. The van der Waals surface area contributed by atoms with Crippen molar-refractivity contribution in [1.29, 1.82) is 0 Å². The highest BCUT2D eigenvalue weighted by Gasteiger charge is 2.11. The number of thiol groups is 1. The molecule has 0 aliphatic carbocycles. The van der Waals surface area contributed by atoms with Gasteiger partial charge in [-0.3, -0.25) is 0 Å². The van der Waals surface area contributed by atoms with Gasteiger partial charge in [-0.15, -0.1) is 24.4 Å². The number of nitrogens with one attached hydrogen (secondary N) is 1. The lowest BCUT2D eigenvalue weighted by atomic mass is 10.0.